The number of halogens is 1. The van der Waals surface area contributed by atoms with Crippen LogP contribution in [0.4, 0.5) is 5.69 Å². The van der Waals surface area contributed by atoms with E-state index < -0.39 is 0 Å². The standard InChI is InChI=1S/C9H9ClN4O/c1-15-9-5-8(6(10)4-7(9)11)14-3-2-12-13-14/h2-5H,11H2,1H3. The average molecular weight is 225 g/mol. The number of rotatable bonds is 2. The summed E-state index contributed by atoms with van der Waals surface area (Å²) in [5.74, 6) is 0.560. The van der Waals surface area contributed by atoms with Crippen molar-refractivity contribution in [3.63, 3.8) is 0 Å². The summed E-state index contributed by atoms with van der Waals surface area (Å²) in [4.78, 5) is 0. The van der Waals surface area contributed by atoms with Crippen LogP contribution in [-0.2, 0) is 0 Å². The van der Waals surface area contributed by atoms with Crippen molar-refractivity contribution in [1.29, 1.82) is 0 Å². The number of ether oxygens (including phenoxy) is 1. The third-order valence-electron chi connectivity index (χ3n) is 1.97. The molecule has 0 bridgehead atoms. The first-order valence-electron chi connectivity index (χ1n) is 4.22. The predicted molar refractivity (Wildman–Crippen MR) is 57.3 cm³/mol. The van der Waals surface area contributed by atoms with Crippen molar-refractivity contribution >= 4 is 17.3 Å². The molecular weight excluding hydrogens is 216 g/mol. The van der Waals surface area contributed by atoms with Gasteiger partial charge in [-0.2, -0.15) is 0 Å². The normalized spacial score (nSPS) is 10.3. The van der Waals surface area contributed by atoms with E-state index >= 15 is 0 Å². The fourth-order valence-corrected chi connectivity index (χ4v) is 1.51. The molecule has 0 saturated heterocycles. The van der Waals surface area contributed by atoms with E-state index in [2.05, 4.69) is 10.3 Å². The van der Waals surface area contributed by atoms with Crippen LogP contribution in [0.25, 0.3) is 5.69 Å². The minimum atomic E-state index is 0.492. The van der Waals surface area contributed by atoms with Crippen LogP contribution in [-0.4, -0.2) is 22.1 Å². The Morgan fingerprint density at radius 2 is 2.27 bits per heavy atom. The Kier molecular flexibility index (Phi) is 2.47. The zero-order valence-electron chi connectivity index (χ0n) is 8.01. The smallest absolute Gasteiger partial charge is 0.144 e. The van der Waals surface area contributed by atoms with Crippen LogP contribution < -0.4 is 10.5 Å². The monoisotopic (exact) mass is 224 g/mol. The summed E-state index contributed by atoms with van der Waals surface area (Å²) < 4.78 is 6.64. The molecule has 2 rings (SSSR count). The molecule has 2 N–H and O–H groups in total. The summed E-state index contributed by atoms with van der Waals surface area (Å²) in [6, 6.07) is 3.34. The average Bonchev–Trinajstić information content (AvgIpc) is 2.71. The maximum atomic E-state index is 6.03. The second-order valence-electron chi connectivity index (χ2n) is 2.89. The van der Waals surface area contributed by atoms with Gasteiger partial charge in [0.1, 0.15) is 5.75 Å². The van der Waals surface area contributed by atoms with E-state index in [1.807, 2.05) is 0 Å². The minimum absolute atomic E-state index is 0.492. The molecule has 0 amide bonds. The predicted octanol–water partition coefficient (Wildman–Crippen LogP) is 1.51. The molecule has 78 valence electrons. The fraction of sp³-hybridized carbons (Fsp3) is 0.111. The molecule has 0 spiro atoms. The van der Waals surface area contributed by atoms with Gasteiger partial charge in [0.05, 0.1) is 35.9 Å². The van der Waals surface area contributed by atoms with Crippen molar-refractivity contribution in [2.75, 3.05) is 12.8 Å². The Bertz CT molecular complexity index is 469. The Morgan fingerprint density at radius 3 is 2.87 bits per heavy atom. The maximum Gasteiger partial charge on any atom is 0.144 e. The fourth-order valence-electron chi connectivity index (χ4n) is 1.25. The molecule has 6 heteroatoms. The third kappa shape index (κ3) is 1.73. The molecule has 1 aromatic carbocycles. The first-order valence-corrected chi connectivity index (χ1v) is 4.60. The number of nitrogens with zero attached hydrogens (tertiary/aromatic N) is 3. The Morgan fingerprint density at radius 1 is 1.47 bits per heavy atom. The van der Waals surface area contributed by atoms with Crippen molar-refractivity contribution in [3.8, 4) is 11.4 Å². The van der Waals surface area contributed by atoms with Gasteiger partial charge in [-0.25, -0.2) is 4.68 Å². The van der Waals surface area contributed by atoms with Gasteiger partial charge in [0, 0.05) is 6.07 Å². The molecule has 5 nitrogen and oxygen atoms in total. The van der Waals surface area contributed by atoms with E-state index in [0.717, 1.165) is 0 Å². The SMILES string of the molecule is COc1cc(-n2ccnn2)c(Cl)cc1N. The highest BCUT2D eigenvalue weighted by Crippen LogP contribution is 2.30. The Balaban J connectivity index is 2.57. The summed E-state index contributed by atoms with van der Waals surface area (Å²) in [5.41, 5.74) is 6.87. The molecule has 0 atom stereocenters. The van der Waals surface area contributed by atoms with E-state index in [-0.39, 0.29) is 0 Å². The first kappa shape index (κ1) is 9.79. The number of hydrogen-bond acceptors (Lipinski definition) is 4. The van der Waals surface area contributed by atoms with E-state index in [4.69, 9.17) is 22.1 Å². The van der Waals surface area contributed by atoms with Crippen molar-refractivity contribution in [2.24, 2.45) is 0 Å². The number of aromatic nitrogens is 3. The molecular formula is C9H9ClN4O. The number of nitrogen functional groups attached to an aromatic ring is 1. The van der Waals surface area contributed by atoms with Crippen molar-refractivity contribution in [3.05, 3.63) is 29.5 Å². The zero-order valence-corrected chi connectivity index (χ0v) is 8.77. The largest absolute Gasteiger partial charge is 0.495 e. The van der Waals surface area contributed by atoms with Gasteiger partial charge < -0.3 is 10.5 Å². The van der Waals surface area contributed by atoms with E-state index in [1.165, 1.54) is 0 Å². The first-order chi connectivity index (χ1) is 7.22. The van der Waals surface area contributed by atoms with Gasteiger partial charge in [0.25, 0.3) is 0 Å². The van der Waals surface area contributed by atoms with Crippen LogP contribution in [0.5, 0.6) is 5.75 Å². The molecule has 0 aliphatic carbocycles. The molecule has 0 aliphatic rings. The highest BCUT2D eigenvalue weighted by atomic mass is 35.5. The second kappa shape index (κ2) is 3.78. The number of anilines is 1. The zero-order chi connectivity index (χ0) is 10.8. The summed E-state index contributed by atoms with van der Waals surface area (Å²) in [6.45, 7) is 0. The molecule has 0 unspecified atom stereocenters. The topological polar surface area (TPSA) is 66.0 Å². The highest BCUT2D eigenvalue weighted by Gasteiger charge is 2.08. The lowest BCUT2D eigenvalue weighted by molar-refractivity contribution is 0.416. The third-order valence-corrected chi connectivity index (χ3v) is 2.27. The van der Waals surface area contributed by atoms with Crippen molar-refractivity contribution in [2.45, 2.75) is 0 Å². The van der Waals surface area contributed by atoms with E-state index in [1.54, 1.807) is 36.3 Å². The number of benzene rings is 1. The van der Waals surface area contributed by atoms with Crippen LogP contribution in [0.2, 0.25) is 5.02 Å². The van der Waals surface area contributed by atoms with Gasteiger partial charge in [0.2, 0.25) is 0 Å². The van der Waals surface area contributed by atoms with Gasteiger partial charge >= 0.3 is 0 Å². The highest BCUT2D eigenvalue weighted by molar-refractivity contribution is 6.32. The summed E-state index contributed by atoms with van der Waals surface area (Å²) >= 11 is 6.03. The maximum absolute atomic E-state index is 6.03. The summed E-state index contributed by atoms with van der Waals surface area (Å²) in [5, 5.41) is 8.04. The second-order valence-corrected chi connectivity index (χ2v) is 3.30. The van der Waals surface area contributed by atoms with Crippen molar-refractivity contribution < 1.29 is 4.74 Å². The minimum Gasteiger partial charge on any atom is -0.495 e. The summed E-state index contributed by atoms with van der Waals surface area (Å²) in [6.07, 6.45) is 3.26. The molecule has 1 heterocycles. The molecule has 0 radical (unpaired) electrons. The van der Waals surface area contributed by atoms with Crippen LogP contribution in [0.3, 0.4) is 0 Å². The van der Waals surface area contributed by atoms with Crippen LogP contribution in [0.1, 0.15) is 0 Å². The van der Waals surface area contributed by atoms with Gasteiger partial charge in [-0.05, 0) is 6.07 Å². The van der Waals surface area contributed by atoms with Gasteiger partial charge in [-0.3, -0.25) is 0 Å². The van der Waals surface area contributed by atoms with Crippen LogP contribution in [0.15, 0.2) is 24.5 Å². The molecule has 0 fully saturated rings. The van der Waals surface area contributed by atoms with Gasteiger partial charge in [-0.15, -0.1) is 5.10 Å². The molecule has 0 saturated carbocycles. The van der Waals surface area contributed by atoms with E-state index in [0.29, 0.717) is 22.1 Å². The number of nitrogens with two attached hydrogens (primary N) is 1. The molecule has 15 heavy (non-hydrogen) atoms. The molecule has 1 aromatic heterocycles. The van der Waals surface area contributed by atoms with E-state index in [9.17, 15) is 0 Å². The van der Waals surface area contributed by atoms with Crippen LogP contribution >= 0.6 is 11.6 Å². The molecule has 2 aromatic rings. The lowest BCUT2D eigenvalue weighted by Crippen LogP contribution is -1.99. The van der Waals surface area contributed by atoms with Crippen molar-refractivity contribution in [1.82, 2.24) is 15.0 Å². The number of methoxy groups -OCH3 is 1. The summed E-state index contributed by atoms with van der Waals surface area (Å²) in [7, 11) is 1.55. The van der Waals surface area contributed by atoms with Crippen LogP contribution in [0, 0.1) is 0 Å². The van der Waals surface area contributed by atoms with Gasteiger partial charge in [0.15, 0.2) is 0 Å². The lowest BCUT2D eigenvalue weighted by atomic mass is 10.2. The number of hydrogen-bond donors (Lipinski definition) is 1. The van der Waals surface area contributed by atoms with Gasteiger partial charge in [-0.1, -0.05) is 16.8 Å². The lowest BCUT2D eigenvalue weighted by Gasteiger charge is -2.09. The quantitative estimate of drug-likeness (QED) is 0.786. The Hall–Kier alpha value is -1.75. The Labute approximate surface area is 91.4 Å². The molecule has 0 aliphatic heterocycles.